The molecule has 7 nitrogen and oxygen atoms in total. The number of anilines is 6. The third-order valence-corrected chi connectivity index (χ3v) is 23.6. The predicted molar refractivity (Wildman–Crippen MR) is 456 cm³/mol. The summed E-state index contributed by atoms with van der Waals surface area (Å²) >= 11 is 0. The second kappa shape index (κ2) is 23.5. The van der Waals surface area contributed by atoms with E-state index in [0.29, 0.717) is 0 Å². The molecule has 0 spiro atoms. The summed E-state index contributed by atoms with van der Waals surface area (Å²) in [4.78, 5) is 5.36. The molecule has 510 valence electrons. The molecule has 0 bridgehead atoms. The van der Waals surface area contributed by atoms with Gasteiger partial charge in [-0.3, -0.25) is 0 Å². The molecular weight excluding hydrogens is 1340 g/mol. The maximum Gasteiger partial charge on any atom is 0.252 e. The van der Waals surface area contributed by atoms with Crippen molar-refractivity contribution in [1.29, 1.82) is 0 Å². The fourth-order valence-corrected chi connectivity index (χ4v) is 19.1. The number of benzene rings is 17. The van der Waals surface area contributed by atoms with Crippen LogP contribution in [0.1, 0.15) is 0 Å². The Hall–Kier alpha value is -14.6. The van der Waals surface area contributed by atoms with Crippen molar-refractivity contribution in [2.75, 3.05) is 9.80 Å². The largest absolute Gasteiger partial charge is 0.456 e. The van der Waals surface area contributed by atoms with E-state index < -0.39 is 0 Å². The van der Waals surface area contributed by atoms with E-state index in [1.807, 2.05) is 0 Å². The number of ether oxygens (including phenoxy) is 2. The fraction of sp³-hybridized carbons (Fsp3) is 0. The molecule has 0 N–H and O–H groups in total. The summed E-state index contributed by atoms with van der Waals surface area (Å²) in [5.41, 5.74) is 32.0. The van der Waals surface area contributed by atoms with Crippen molar-refractivity contribution in [1.82, 2.24) is 13.7 Å². The minimum atomic E-state index is -0.370. The van der Waals surface area contributed by atoms with Crippen LogP contribution in [0.5, 0.6) is 23.0 Å². The molecule has 0 atom stereocenters. The molecule has 0 saturated carbocycles. The van der Waals surface area contributed by atoms with Gasteiger partial charge in [0.2, 0.25) is 0 Å². The Morgan fingerprint density at radius 2 is 0.545 bits per heavy atom. The van der Waals surface area contributed by atoms with Gasteiger partial charge < -0.3 is 33.0 Å². The number of nitrogens with zero attached hydrogens (tertiary/aromatic N) is 5. The monoisotopic (exact) mass is 1400 g/mol. The lowest BCUT2D eigenvalue weighted by molar-refractivity contribution is 0.487. The first-order valence-corrected chi connectivity index (χ1v) is 37.8. The van der Waals surface area contributed by atoms with Gasteiger partial charge in [-0.1, -0.05) is 267 Å². The second-order valence-corrected chi connectivity index (χ2v) is 29.3. The minimum Gasteiger partial charge on any atom is -0.456 e. The molecule has 20 aromatic rings. The smallest absolute Gasteiger partial charge is 0.252 e. The molecular formula is C102H62BN5O2. The van der Waals surface area contributed by atoms with Crippen LogP contribution in [-0.2, 0) is 0 Å². The first-order valence-electron chi connectivity index (χ1n) is 37.8. The van der Waals surface area contributed by atoms with E-state index in [9.17, 15) is 0 Å². The lowest BCUT2D eigenvalue weighted by atomic mass is 9.33. The highest BCUT2D eigenvalue weighted by atomic mass is 16.5. The van der Waals surface area contributed by atoms with Crippen LogP contribution in [0.3, 0.4) is 0 Å². The van der Waals surface area contributed by atoms with Crippen LogP contribution in [-0.4, -0.2) is 20.4 Å². The quantitative estimate of drug-likeness (QED) is 0.161. The summed E-state index contributed by atoms with van der Waals surface area (Å²) in [6.45, 7) is -0.370. The summed E-state index contributed by atoms with van der Waals surface area (Å²) in [6, 6.07) is 139. The third-order valence-electron chi connectivity index (χ3n) is 23.6. The van der Waals surface area contributed by atoms with Gasteiger partial charge in [0.25, 0.3) is 6.71 Å². The van der Waals surface area contributed by atoms with Crippen LogP contribution in [0.25, 0.3) is 149 Å². The zero-order valence-corrected chi connectivity index (χ0v) is 59.4. The maximum atomic E-state index is 7.84. The molecule has 4 aliphatic heterocycles. The Labute approximate surface area is 634 Å². The average molecular weight is 1400 g/mol. The standard InChI is InChI=1S/C102H62BN5O2/c1-5-29-63(30-6-1)68-53-55-82-101-98(68)76-43-19-27-51-94(76)109-96-61-78-72-39-15-23-47-86(72)104(65-33-9-3-10-34-65)90(78)59-80(96)74-41-17-25-49-88(74)107(101)92-57-67(106-84-45-21-13-37-70(84)71-38-14-22-46-85(71)106)58-93-100(92)103(82)83-56-54-69(64-31-7-2-8-32-64)99-77-44-20-28-52-95(77)110-97-62-79-73-40-16-24-48-87(73)105(66-35-11-4-12-36-66)91(79)60-81(97)75-42-18-26-50-89(75)108(93)102(83)99/h1-62H. The minimum absolute atomic E-state index is 0.370. The van der Waals surface area contributed by atoms with E-state index >= 15 is 0 Å². The van der Waals surface area contributed by atoms with Crippen LogP contribution in [0.15, 0.2) is 376 Å². The van der Waals surface area contributed by atoms with Crippen LogP contribution in [0.4, 0.5) is 34.1 Å². The van der Waals surface area contributed by atoms with Gasteiger partial charge in [0.15, 0.2) is 0 Å². The molecule has 24 rings (SSSR count). The van der Waals surface area contributed by atoms with Crippen molar-refractivity contribution in [2.45, 2.75) is 0 Å². The number of rotatable bonds is 5. The number of hydrogen-bond acceptors (Lipinski definition) is 4. The van der Waals surface area contributed by atoms with E-state index in [-0.39, 0.29) is 6.71 Å². The lowest BCUT2D eigenvalue weighted by Gasteiger charge is -2.47. The zero-order valence-electron chi connectivity index (χ0n) is 59.4. The van der Waals surface area contributed by atoms with Crippen molar-refractivity contribution in [3.63, 3.8) is 0 Å². The molecule has 110 heavy (non-hydrogen) atoms. The fourth-order valence-electron chi connectivity index (χ4n) is 19.1. The second-order valence-electron chi connectivity index (χ2n) is 29.3. The number of fused-ring (bicyclic) bond motifs is 25. The molecule has 3 aromatic heterocycles. The molecule has 17 aromatic carbocycles. The zero-order chi connectivity index (χ0) is 71.8. The number of hydrogen-bond donors (Lipinski definition) is 0. The highest BCUT2D eigenvalue weighted by Gasteiger charge is 2.48. The number of aromatic nitrogens is 3. The van der Waals surface area contributed by atoms with Gasteiger partial charge in [-0.15, -0.1) is 0 Å². The summed E-state index contributed by atoms with van der Waals surface area (Å²) < 4.78 is 23.1. The van der Waals surface area contributed by atoms with E-state index in [1.54, 1.807) is 0 Å². The van der Waals surface area contributed by atoms with Crippen molar-refractivity contribution >= 4 is 123 Å². The van der Waals surface area contributed by atoms with E-state index in [0.717, 1.165) is 207 Å². The molecule has 0 saturated heterocycles. The molecule has 8 heteroatoms. The Kier molecular flexibility index (Phi) is 12.9. The molecule has 7 heterocycles. The maximum absolute atomic E-state index is 7.84. The van der Waals surface area contributed by atoms with Crippen molar-refractivity contribution in [2.24, 2.45) is 0 Å². The summed E-state index contributed by atoms with van der Waals surface area (Å²) in [5, 5.41) is 6.86. The molecule has 0 fully saturated rings. The Bertz CT molecular complexity index is 6880. The average Bonchev–Trinajstić information content (AvgIpc) is 1.53. The predicted octanol–water partition coefficient (Wildman–Crippen LogP) is 25.3. The highest BCUT2D eigenvalue weighted by molar-refractivity contribution is 7.00. The topological polar surface area (TPSA) is 39.7 Å². The third kappa shape index (κ3) is 8.66. The molecule has 0 amide bonds. The van der Waals surface area contributed by atoms with Gasteiger partial charge in [-0.2, -0.15) is 0 Å². The van der Waals surface area contributed by atoms with Gasteiger partial charge >= 0.3 is 0 Å². The Morgan fingerprint density at radius 1 is 0.209 bits per heavy atom. The van der Waals surface area contributed by atoms with Gasteiger partial charge in [-0.05, 0) is 148 Å². The highest BCUT2D eigenvalue weighted by Crippen LogP contribution is 2.60. The molecule has 0 unspecified atom stereocenters. The van der Waals surface area contributed by atoms with E-state index in [2.05, 4.69) is 400 Å². The van der Waals surface area contributed by atoms with Crippen molar-refractivity contribution in [3.05, 3.63) is 376 Å². The van der Waals surface area contributed by atoms with Gasteiger partial charge in [0, 0.05) is 99.6 Å². The normalized spacial score (nSPS) is 12.8. The molecule has 0 aliphatic carbocycles. The first kappa shape index (κ1) is 60.6. The SMILES string of the molecule is c1ccc(-c2ccc3c4c2-c2ccccc2Oc2cc5c6ccccc6n(-c6ccccc6)c5cc2-c2ccccc2N4c2cc(-n4c5ccccc5c5ccccc54)cc4c2B3c2ccc(-c3ccccc3)c3c2N4c2ccccc2-c2cc4c(cc2Oc2ccccc2-3)c2ccccc2n4-c2ccccc2)cc1. The summed E-state index contributed by atoms with van der Waals surface area (Å²) in [6.07, 6.45) is 0. The Morgan fingerprint density at radius 3 is 0.964 bits per heavy atom. The number of para-hydroxylation sites is 10. The van der Waals surface area contributed by atoms with Gasteiger partial charge in [-0.25, -0.2) is 0 Å². The first-order chi connectivity index (χ1) is 54.6. The molecule has 0 radical (unpaired) electrons. The summed E-state index contributed by atoms with van der Waals surface area (Å²) in [7, 11) is 0. The van der Waals surface area contributed by atoms with Gasteiger partial charge in [0.1, 0.15) is 23.0 Å². The van der Waals surface area contributed by atoms with Crippen LogP contribution in [0, 0.1) is 0 Å². The van der Waals surface area contributed by atoms with Crippen LogP contribution < -0.4 is 35.7 Å². The lowest BCUT2D eigenvalue weighted by Crippen LogP contribution is -2.61. The van der Waals surface area contributed by atoms with Crippen molar-refractivity contribution in [3.8, 4) is 107 Å². The summed E-state index contributed by atoms with van der Waals surface area (Å²) in [5.74, 6) is 3.03. The Balaban J connectivity index is 0.891. The van der Waals surface area contributed by atoms with Crippen LogP contribution >= 0.6 is 0 Å². The van der Waals surface area contributed by atoms with Crippen LogP contribution in [0.2, 0.25) is 0 Å². The van der Waals surface area contributed by atoms with E-state index in [1.165, 1.54) is 16.2 Å². The van der Waals surface area contributed by atoms with Gasteiger partial charge in [0.05, 0.1) is 61.5 Å². The van der Waals surface area contributed by atoms with Crippen molar-refractivity contribution < 1.29 is 9.47 Å². The van der Waals surface area contributed by atoms with E-state index in [4.69, 9.17) is 9.47 Å². The molecule has 4 aliphatic rings.